The van der Waals surface area contributed by atoms with Crippen molar-refractivity contribution in [2.45, 2.75) is 42.6 Å². The highest BCUT2D eigenvalue weighted by molar-refractivity contribution is 6.25. The molecule has 4 aliphatic rings. The van der Waals surface area contributed by atoms with Gasteiger partial charge in [-0.05, 0) is 89.3 Å². The molecule has 7 atom stereocenters. The molecular weight excluding hydrogens is 939 g/mol. The van der Waals surface area contributed by atoms with Crippen LogP contribution in [0.3, 0.4) is 0 Å². The van der Waals surface area contributed by atoms with Crippen LogP contribution in [0, 0.1) is 17.8 Å². The van der Waals surface area contributed by atoms with Crippen molar-refractivity contribution >= 4 is 46.9 Å². The van der Waals surface area contributed by atoms with Gasteiger partial charge in [-0.3, -0.25) is 19.3 Å². The molecule has 6 aromatic rings. The molecule has 6 N–H and O–H groups in total. The average Bonchev–Trinajstić information content (AvgIpc) is 3.95. The zero-order chi connectivity index (χ0) is 51.3. The maximum Gasteiger partial charge on any atom is 0.329 e. The molecular formula is C58H55N7O9. The minimum Gasteiger partial charge on any atom is -0.491 e. The maximum absolute atomic E-state index is 16.8. The van der Waals surface area contributed by atoms with Gasteiger partial charge in [-0.15, -0.1) is 0 Å². The SMILES string of the molecule is C[C@@H](NC(=O)N1C(=O)[C@@]2(c3cc(C#CCNC(N)=O)ccc31)[C@H](c1cccc(OCCO)c1)N1C(C(=O)O[C@@H](c3ccccc3)[C@H]1c1ccccc1)[C@@H]2C(=O)Nc1ccc(N2CCOCC2)cc1)c1ccccc1. The molecule has 16 heteroatoms. The first-order chi connectivity index (χ1) is 36.1. The number of nitrogens with two attached hydrogens (primary N) is 1. The van der Waals surface area contributed by atoms with Crippen molar-refractivity contribution in [1.82, 2.24) is 15.5 Å². The van der Waals surface area contributed by atoms with Crippen molar-refractivity contribution in [2.75, 3.05) is 61.2 Å². The number of cyclic esters (lactones) is 1. The number of rotatable bonds is 12. The first kappa shape index (κ1) is 49.1. The van der Waals surface area contributed by atoms with E-state index in [1.54, 1.807) is 48.5 Å². The highest BCUT2D eigenvalue weighted by atomic mass is 16.6. The number of ether oxygens (including phenoxy) is 3. The minimum absolute atomic E-state index is 0.0437. The molecule has 0 bridgehead atoms. The lowest BCUT2D eigenvalue weighted by molar-refractivity contribution is -0.177. The summed E-state index contributed by atoms with van der Waals surface area (Å²) in [6, 6.07) is 41.8. The summed E-state index contributed by atoms with van der Waals surface area (Å²) >= 11 is 0. The smallest absolute Gasteiger partial charge is 0.329 e. The van der Waals surface area contributed by atoms with E-state index in [9.17, 15) is 9.90 Å². The number of nitrogens with zero attached hydrogens (tertiary/aromatic N) is 3. The molecule has 0 aromatic heterocycles. The number of benzene rings is 6. The van der Waals surface area contributed by atoms with Gasteiger partial charge in [-0.2, -0.15) is 0 Å². The van der Waals surface area contributed by atoms with E-state index in [1.807, 2.05) is 121 Å². The Labute approximate surface area is 428 Å². The van der Waals surface area contributed by atoms with Crippen molar-refractivity contribution in [3.05, 3.63) is 191 Å². The highest BCUT2D eigenvalue weighted by Crippen LogP contribution is 2.66. The number of nitrogens with one attached hydrogen (secondary N) is 3. The summed E-state index contributed by atoms with van der Waals surface area (Å²) in [6.45, 7) is 3.94. The van der Waals surface area contributed by atoms with E-state index in [2.05, 4.69) is 32.7 Å². The average molecular weight is 994 g/mol. The van der Waals surface area contributed by atoms with E-state index in [1.165, 1.54) is 0 Å². The molecule has 0 saturated carbocycles. The Balaban J connectivity index is 1.23. The van der Waals surface area contributed by atoms with Crippen molar-refractivity contribution in [1.29, 1.82) is 0 Å². The lowest BCUT2D eigenvalue weighted by Gasteiger charge is -2.46. The number of morpholine rings is 2. The van der Waals surface area contributed by atoms with Crippen molar-refractivity contribution < 1.29 is 43.3 Å². The molecule has 16 nitrogen and oxygen atoms in total. The predicted molar refractivity (Wildman–Crippen MR) is 277 cm³/mol. The summed E-state index contributed by atoms with van der Waals surface area (Å²) in [5.41, 5.74) is 8.04. The number of hydrogen-bond acceptors (Lipinski definition) is 11. The minimum atomic E-state index is -2.11. The summed E-state index contributed by atoms with van der Waals surface area (Å²) < 4.78 is 18.3. The number of primary amides is 1. The van der Waals surface area contributed by atoms with E-state index < -0.39 is 71.5 Å². The number of esters is 1. The third-order valence-electron chi connectivity index (χ3n) is 14.2. The second-order valence-corrected chi connectivity index (χ2v) is 18.5. The lowest BCUT2D eigenvalue weighted by atomic mass is 9.65. The van der Waals surface area contributed by atoms with Gasteiger partial charge in [0.2, 0.25) is 11.8 Å². The molecule has 1 spiro atoms. The number of amides is 6. The van der Waals surface area contributed by atoms with Gasteiger partial charge in [0.15, 0.2) is 0 Å². The number of urea groups is 2. The molecule has 4 heterocycles. The van der Waals surface area contributed by atoms with E-state index in [-0.39, 0.29) is 31.0 Å². The van der Waals surface area contributed by atoms with E-state index >= 15 is 19.2 Å². The number of carbonyl (C=O) groups is 5. The van der Waals surface area contributed by atoms with Crippen LogP contribution < -0.4 is 36.2 Å². The monoisotopic (exact) mass is 993 g/mol. The van der Waals surface area contributed by atoms with Crippen LogP contribution in [-0.2, 0) is 29.3 Å². The topological polar surface area (TPSA) is 205 Å². The number of fused-ring (bicyclic) bond motifs is 3. The molecule has 6 amide bonds. The number of carbonyl (C=O) groups excluding carboxylic acids is 5. The quantitative estimate of drug-likeness (QED) is 0.0646. The van der Waals surface area contributed by atoms with Crippen LogP contribution >= 0.6 is 0 Å². The van der Waals surface area contributed by atoms with Gasteiger partial charge in [0.05, 0.1) is 56.1 Å². The van der Waals surface area contributed by atoms with Gasteiger partial charge >= 0.3 is 18.0 Å². The molecule has 6 aromatic carbocycles. The number of anilines is 3. The van der Waals surface area contributed by atoms with Gasteiger partial charge in [-0.25, -0.2) is 14.5 Å². The number of aliphatic hydroxyl groups is 1. The van der Waals surface area contributed by atoms with Gasteiger partial charge < -0.3 is 45.9 Å². The normalized spacial score (nSPS) is 22.4. The first-order valence-corrected chi connectivity index (χ1v) is 24.6. The zero-order valence-electron chi connectivity index (χ0n) is 40.6. The third-order valence-corrected chi connectivity index (χ3v) is 14.2. The highest BCUT2D eigenvalue weighted by Gasteiger charge is 2.75. The molecule has 4 aliphatic heterocycles. The third kappa shape index (κ3) is 9.28. The van der Waals surface area contributed by atoms with Crippen LogP contribution in [0.2, 0.25) is 0 Å². The Morgan fingerprint density at radius 3 is 2.18 bits per heavy atom. The van der Waals surface area contributed by atoms with Gasteiger partial charge in [0, 0.05) is 30.0 Å². The molecule has 74 heavy (non-hydrogen) atoms. The van der Waals surface area contributed by atoms with E-state index in [4.69, 9.17) is 19.9 Å². The molecule has 1 unspecified atom stereocenters. The van der Waals surface area contributed by atoms with E-state index in [0.717, 1.165) is 21.7 Å². The lowest BCUT2D eigenvalue weighted by Crippen LogP contribution is -2.55. The van der Waals surface area contributed by atoms with Crippen LogP contribution in [0.15, 0.2) is 158 Å². The molecule has 376 valence electrons. The predicted octanol–water partition coefficient (Wildman–Crippen LogP) is 6.69. The fourth-order valence-corrected chi connectivity index (χ4v) is 11.1. The Morgan fingerprint density at radius 1 is 0.811 bits per heavy atom. The number of hydrogen-bond donors (Lipinski definition) is 5. The molecule has 10 rings (SSSR count). The van der Waals surface area contributed by atoms with Crippen LogP contribution in [0.4, 0.5) is 26.7 Å². The Hall–Kier alpha value is -8.49. The van der Waals surface area contributed by atoms with Gasteiger partial charge in [0.25, 0.3) is 0 Å². The molecule has 3 saturated heterocycles. The fourth-order valence-electron chi connectivity index (χ4n) is 11.1. The zero-order valence-corrected chi connectivity index (χ0v) is 40.6. The Kier molecular flexibility index (Phi) is 14.1. The van der Waals surface area contributed by atoms with E-state index in [0.29, 0.717) is 54.4 Å². The maximum atomic E-state index is 16.8. The van der Waals surface area contributed by atoms with Crippen molar-refractivity contribution in [3.63, 3.8) is 0 Å². The summed E-state index contributed by atoms with van der Waals surface area (Å²) in [4.78, 5) is 80.6. The van der Waals surface area contributed by atoms with Gasteiger partial charge in [-0.1, -0.05) is 115 Å². The largest absolute Gasteiger partial charge is 0.491 e. The standard InChI is InChI=1S/C58H55N7O9/c1-37(39-14-5-2-6-15-39)61-57(71)64-47-27-22-38(13-12-28-60-56(59)70)35-46(47)58(55(64)69)48(53(67)62-43-23-25-44(26-24-43)63-29-32-72-33-30-63)50-54(68)74-51(41-18-9-4-10-19-41)49(40-16-7-3-8-17-40)65(50)52(58)42-20-11-21-45(36-42)73-34-31-66/h2-11,14-27,35-37,48-52,66H,28-34H2,1H3,(H,61,71)(H,62,67)(H3,59,60,70)/t37-,48-,49-,50?,51+,52+,58-/m1/s1. The fraction of sp³-hybridized carbons (Fsp3) is 0.259. The second kappa shape index (κ2) is 21.3. The van der Waals surface area contributed by atoms with Crippen molar-refractivity contribution in [2.24, 2.45) is 11.7 Å². The van der Waals surface area contributed by atoms with Crippen LogP contribution in [0.1, 0.15) is 64.5 Å². The van der Waals surface area contributed by atoms with Crippen LogP contribution in [-0.4, -0.2) is 92.0 Å². The Morgan fingerprint density at radius 2 is 1.49 bits per heavy atom. The molecule has 0 aliphatic carbocycles. The number of aliphatic hydroxyl groups excluding tert-OH is 1. The van der Waals surface area contributed by atoms with Crippen molar-refractivity contribution in [3.8, 4) is 17.6 Å². The van der Waals surface area contributed by atoms with Gasteiger partial charge in [0.1, 0.15) is 29.9 Å². The summed E-state index contributed by atoms with van der Waals surface area (Å²) in [6.07, 6.45) is -0.956. The summed E-state index contributed by atoms with van der Waals surface area (Å²) in [5.74, 6) is 2.53. The van der Waals surface area contributed by atoms with Crippen LogP contribution in [0.5, 0.6) is 5.75 Å². The molecule has 3 fully saturated rings. The first-order valence-electron chi connectivity index (χ1n) is 24.6. The summed E-state index contributed by atoms with van der Waals surface area (Å²) in [7, 11) is 0. The molecule has 0 radical (unpaired) electrons. The number of imide groups is 1. The van der Waals surface area contributed by atoms with Crippen LogP contribution in [0.25, 0.3) is 0 Å². The summed E-state index contributed by atoms with van der Waals surface area (Å²) in [5, 5.41) is 18.5. The Bertz CT molecular complexity index is 3110. The second-order valence-electron chi connectivity index (χ2n) is 18.5.